The van der Waals surface area contributed by atoms with Crippen molar-refractivity contribution in [2.45, 2.75) is 5.92 Å². The van der Waals surface area contributed by atoms with Crippen molar-refractivity contribution in [1.29, 1.82) is 0 Å². The molecular formula is C27H22N4O5. The molecule has 0 radical (unpaired) electrons. The second-order valence-corrected chi connectivity index (χ2v) is 8.24. The molecule has 0 aliphatic carbocycles. The third-order valence-electron chi connectivity index (χ3n) is 6.28. The average Bonchev–Trinajstić information content (AvgIpc) is 3.35. The molecule has 180 valence electrons. The zero-order valence-electron chi connectivity index (χ0n) is 19.8. The Balaban J connectivity index is 1.61. The molecule has 5 aromatic rings. The van der Waals surface area contributed by atoms with E-state index in [4.69, 9.17) is 23.9 Å². The molecule has 0 saturated heterocycles. The monoisotopic (exact) mass is 482 g/mol. The number of fused-ring (bicyclic) bond motifs is 4. The van der Waals surface area contributed by atoms with Crippen LogP contribution in [0.3, 0.4) is 0 Å². The molecule has 9 heteroatoms. The molecule has 1 aliphatic rings. The fraction of sp³-hybridized carbons (Fsp3) is 0.148. The Morgan fingerprint density at radius 2 is 1.69 bits per heavy atom. The fourth-order valence-corrected chi connectivity index (χ4v) is 4.63. The topological polar surface area (TPSA) is 100 Å². The minimum absolute atomic E-state index is 0.102. The number of aromatic hydroxyl groups is 1. The first kappa shape index (κ1) is 21.7. The van der Waals surface area contributed by atoms with Gasteiger partial charge in [-0.2, -0.15) is 0 Å². The molecule has 0 amide bonds. The Hall–Kier alpha value is -4.79. The lowest BCUT2D eigenvalue weighted by Crippen LogP contribution is -2.15. The average molecular weight is 482 g/mol. The van der Waals surface area contributed by atoms with Crippen molar-refractivity contribution in [3.63, 3.8) is 0 Å². The molecule has 9 nitrogen and oxygen atoms in total. The van der Waals surface area contributed by atoms with Crippen molar-refractivity contribution in [1.82, 2.24) is 19.6 Å². The standard InChI is InChI=1S/C27H22N4O5/c1-33-19-7-5-4-6-18(19)25-29-26-24-23(15-8-11-20(34-2)22(12-15)35-3)17-10-9-16(32)13-21(17)36-27(24)28-14-31(26)30-25/h4-14,23,32H,1-3H3. The summed E-state index contributed by atoms with van der Waals surface area (Å²) in [5.41, 5.74) is 3.88. The van der Waals surface area contributed by atoms with Crippen LogP contribution in [0.5, 0.6) is 34.6 Å². The summed E-state index contributed by atoms with van der Waals surface area (Å²) in [6.45, 7) is 0. The van der Waals surface area contributed by atoms with E-state index in [1.165, 1.54) is 0 Å². The van der Waals surface area contributed by atoms with Gasteiger partial charge in [-0.05, 0) is 35.9 Å². The predicted molar refractivity (Wildman–Crippen MR) is 131 cm³/mol. The van der Waals surface area contributed by atoms with E-state index in [0.29, 0.717) is 40.3 Å². The quantitative estimate of drug-likeness (QED) is 0.374. The highest BCUT2D eigenvalue weighted by Crippen LogP contribution is 2.49. The van der Waals surface area contributed by atoms with Crippen LogP contribution in [0.4, 0.5) is 0 Å². The van der Waals surface area contributed by atoms with Crippen molar-refractivity contribution < 1.29 is 24.1 Å². The van der Waals surface area contributed by atoms with E-state index < -0.39 is 0 Å². The number of hydrogen-bond donors (Lipinski definition) is 1. The van der Waals surface area contributed by atoms with Crippen LogP contribution in [-0.4, -0.2) is 46.0 Å². The first-order valence-electron chi connectivity index (χ1n) is 11.2. The van der Waals surface area contributed by atoms with Gasteiger partial charge in [-0.25, -0.2) is 14.5 Å². The van der Waals surface area contributed by atoms with Gasteiger partial charge in [0.05, 0.1) is 32.5 Å². The van der Waals surface area contributed by atoms with Crippen LogP contribution in [0.1, 0.15) is 22.6 Å². The fourth-order valence-electron chi connectivity index (χ4n) is 4.63. The third kappa shape index (κ3) is 3.36. The van der Waals surface area contributed by atoms with E-state index in [1.54, 1.807) is 44.3 Å². The number of phenols is 1. The van der Waals surface area contributed by atoms with Crippen molar-refractivity contribution in [2.24, 2.45) is 0 Å². The number of benzene rings is 3. The van der Waals surface area contributed by atoms with E-state index in [9.17, 15) is 5.11 Å². The Bertz CT molecular complexity index is 1610. The van der Waals surface area contributed by atoms with E-state index in [1.807, 2.05) is 48.5 Å². The van der Waals surface area contributed by atoms with Gasteiger partial charge in [-0.15, -0.1) is 5.10 Å². The second-order valence-electron chi connectivity index (χ2n) is 8.24. The van der Waals surface area contributed by atoms with E-state index >= 15 is 0 Å². The molecule has 0 spiro atoms. The van der Waals surface area contributed by atoms with Crippen molar-refractivity contribution in [2.75, 3.05) is 21.3 Å². The van der Waals surface area contributed by atoms with Gasteiger partial charge in [-0.3, -0.25) is 0 Å². The highest BCUT2D eigenvalue weighted by Gasteiger charge is 2.34. The van der Waals surface area contributed by atoms with Crippen LogP contribution >= 0.6 is 0 Å². The SMILES string of the molecule is COc1ccc(C2c3ccc(O)cc3Oc3ncn4nc(-c5ccccc5OC)nc4c32)cc1OC. The number of para-hydroxylation sites is 1. The lowest BCUT2D eigenvalue weighted by molar-refractivity contribution is 0.354. The number of nitrogens with zero attached hydrogens (tertiary/aromatic N) is 4. The minimum atomic E-state index is -0.324. The number of aromatic nitrogens is 4. The summed E-state index contributed by atoms with van der Waals surface area (Å²) >= 11 is 0. The van der Waals surface area contributed by atoms with Gasteiger partial charge in [0.15, 0.2) is 23.0 Å². The van der Waals surface area contributed by atoms with Crippen LogP contribution in [0, 0.1) is 0 Å². The summed E-state index contributed by atoms with van der Waals surface area (Å²) < 4.78 is 24.3. The van der Waals surface area contributed by atoms with Crippen LogP contribution in [-0.2, 0) is 0 Å². The molecule has 6 rings (SSSR count). The lowest BCUT2D eigenvalue weighted by Gasteiger charge is -2.28. The molecule has 36 heavy (non-hydrogen) atoms. The maximum absolute atomic E-state index is 10.1. The van der Waals surface area contributed by atoms with Gasteiger partial charge in [0, 0.05) is 17.5 Å². The first-order chi connectivity index (χ1) is 17.6. The molecule has 3 aromatic carbocycles. The highest BCUT2D eigenvalue weighted by molar-refractivity contribution is 5.71. The van der Waals surface area contributed by atoms with E-state index in [0.717, 1.165) is 22.3 Å². The summed E-state index contributed by atoms with van der Waals surface area (Å²) in [6.07, 6.45) is 1.57. The second kappa shape index (κ2) is 8.46. The molecule has 0 bridgehead atoms. The summed E-state index contributed by atoms with van der Waals surface area (Å²) in [6, 6.07) is 18.4. The van der Waals surface area contributed by atoms with Gasteiger partial charge in [0.1, 0.15) is 23.6 Å². The van der Waals surface area contributed by atoms with Crippen LogP contribution < -0.4 is 18.9 Å². The largest absolute Gasteiger partial charge is 0.508 e. The minimum Gasteiger partial charge on any atom is -0.508 e. The molecular weight excluding hydrogens is 460 g/mol. The predicted octanol–water partition coefficient (Wildman–Crippen LogP) is 4.81. The molecule has 1 atom stereocenters. The summed E-state index contributed by atoms with van der Waals surface area (Å²) in [5.74, 6) is 3.08. The Labute approximate surface area is 206 Å². The summed E-state index contributed by atoms with van der Waals surface area (Å²) in [4.78, 5) is 9.44. The van der Waals surface area contributed by atoms with E-state index in [2.05, 4.69) is 10.1 Å². The normalized spacial score (nSPS) is 14.0. The van der Waals surface area contributed by atoms with Gasteiger partial charge in [-0.1, -0.05) is 24.3 Å². The molecule has 3 heterocycles. The zero-order chi connectivity index (χ0) is 24.8. The molecule has 1 N–H and O–H groups in total. The molecule has 1 aliphatic heterocycles. The third-order valence-corrected chi connectivity index (χ3v) is 6.28. The van der Waals surface area contributed by atoms with Gasteiger partial charge in [0.2, 0.25) is 5.88 Å². The number of hydrogen-bond acceptors (Lipinski definition) is 8. The van der Waals surface area contributed by atoms with Gasteiger partial charge in [0.25, 0.3) is 0 Å². The van der Waals surface area contributed by atoms with E-state index in [-0.39, 0.29) is 11.7 Å². The maximum atomic E-state index is 10.1. The summed E-state index contributed by atoms with van der Waals surface area (Å²) in [7, 11) is 4.82. The number of phenolic OH excluding ortho intramolecular Hbond substituents is 1. The van der Waals surface area contributed by atoms with Gasteiger partial charge >= 0.3 is 0 Å². The number of rotatable bonds is 5. The Morgan fingerprint density at radius 1 is 0.889 bits per heavy atom. The van der Waals surface area contributed by atoms with Crippen molar-refractivity contribution in [3.8, 4) is 46.0 Å². The lowest BCUT2D eigenvalue weighted by atomic mass is 9.83. The molecule has 2 aromatic heterocycles. The molecule has 0 saturated carbocycles. The van der Waals surface area contributed by atoms with Crippen LogP contribution in [0.2, 0.25) is 0 Å². The number of methoxy groups -OCH3 is 3. The number of ether oxygens (including phenoxy) is 4. The highest BCUT2D eigenvalue weighted by atomic mass is 16.5. The summed E-state index contributed by atoms with van der Waals surface area (Å²) in [5, 5.41) is 14.8. The van der Waals surface area contributed by atoms with Crippen molar-refractivity contribution in [3.05, 3.63) is 83.7 Å². The Kier molecular flexibility index (Phi) is 5.10. The maximum Gasteiger partial charge on any atom is 0.228 e. The molecule has 0 fully saturated rings. The van der Waals surface area contributed by atoms with Crippen molar-refractivity contribution >= 4 is 5.65 Å². The Morgan fingerprint density at radius 3 is 2.50 bits per heavy atom. The first-order valence-corrected chi connectivity index (χ1v) is 11.2. The van der Waals surface area contributed by atoms with Crippen LogP contribution in [0.15, 0.2) is 67.0 Å². The smallest absolute Gasteiger partial charge is 0.228 e. The zero-order valence-corrected chi connectivity index (χ0v) is 19.8. The van der Waals surface area contributed by atoms with Crippen LogP contribution in [0.25, 0.3) is 17.0 Å². The van der Waals surface area contributed by atoms with Gasteiger partial charge < -0.3 is 24.1 Å². The molecule has 1 unspecified atom stereocenters.